The maximum absolute atomic E-state index is 12.9. The number of nitrogen functional groups attached to an aromatic ring is 1. The summed E-state index contributed by atoms with van der Waals surface area (Å²) in [5, 5.41) is 31.0. The van der Waals surface area contributed by atoms with Gasteiger partial charge in [-0.1, -0.05) is 154 Å². The number of hydrogen-bond acceptors (Lipinski definition) is 16. The van der Waals surface area contributed by atoms with Crippen LogP contribution in [-0.4, -0.2) is 96.9 Å². The van der Waals surface area contributed by atoms with Crippen molar-refractivity contribution in [2.24, 2.45) is 0 Å². The Hall–Kier alpha value is -5.14. The minimum absolute atomic E-state index is 0.0527. The molecular formula is C56H83N3O16P2. The molecule has 1 aromatic rings. The van der Waals surface area contributed by atoms with Crippen molar-refractivity contribution in [3.8, 4) is 0 Å². The van der Waals surface area contributed by atoms with E-state index in [-0.39, 0.29) is 25.1 Å². The van der Waals surface area contributed by atoms with Crippen LogP contribution in [0.2, 0.25) is 0 Å². The summed E-state index contributed by atoms with van der Waals surface area (Å²) in [6, 6.07) is 1.23. The van der Waals surface area contributed by atoms with Gasteiger partial charge in [-0.2, -0.15) is 9.29 Å². The van der Waals surface area contributed by atoms with Crippen molar-refractivity contribution in [1.82, 2.24) is 9.55 Å². The molecule has 19 nitrogen and oxygen atoms in total. The van der Waals surface area contributed by atoms with Crippen LogP contribution in [0.15, 0.2) is 151 Å². The third kappa shape index (κ3) is 34.4. The Morgan fingerprint density at radius 3 is 1.83 bits per heavy atom. The molecular weight excluding hydrogens is 1030 g/mol. The van der Waals surface area contributed by atoms with E-state index in [1.807, 2.05) is 42.5 Å². The first-order valence-corrected chi connectivity index (χ1v) is 29.3. The molecule has 8 atom stereocenters. The number of esters is 2. The van der Waals surface area contributed by atoms with Crippen molar-refractivity contribution in [2.75, 3.05) is 25.6 Å². The summed E-state index contributed by atoms with van der Waals surface area (Å²) < 4.78 is 56.7. The van der Waals surface area contributed by atoms with E-state index in [2.05, 4.69) is 96.1 Å². The van der Waals surface area contributed by atoms with Gasteiger partial charge in [-0.25, -0.2) is 13.9 Å². The summed E-state index contributed by atoms with van der Waals surface area (Å²) >= 11 is 0. The Bertz CT molecular complexity index is 2340. The number of unbranched alkanes of at least 4 members (excludes halogenated alkanes) is 3. The lowest BCUT2D eigenvalue weighted by atomic mass is 10.1. The lowest BCUT2D eigenvalue weighted by Crippen LogP contribution is -2.36. The zero-order valence-corrected chi connectivity index (χ0v) is 46.3. The van der Waals surface area contributed by atoms with E-state index in [9.17, 15) is 48.6 Å². The number of hydrogen-bond donors (Lipinski definition) is 6. The van der Waals surface area contributed by atoms with Crippen LogP contribution < -0.4 is 11.4 Å². The van der Waals surface area contributed by atoms with E-state index in [0.717, 1.165) is 75.0 Å². The molecule has 1 aromatic heterocycles. The first kappa shape index (κ1) is 68.0. The molecule has 1 saturated heterocycles. The molecule has 1 aliphatic rings. The van der Waals surface area contributed by atoms with E-state index >= 15 is 0 Å². The molecule has 1 aliphatic heterocycles. The monoisotopic (exact) mass is 1120 g/mol. The maximum Gasteiger partial charge on any atom is 0.481 e. The van der Waals surface area contributed by atoms with Crippen LogP contribution in [0.4, 0.5) is 5.82 Å². The van der Waals surface area contributed by atoms with Crippen LogP contribution in [0, 0.1) is 0 Å². The quantitative estimate of drug-likeness (QED) is 0.0117. The molecule has 77 heavy (non-hydrogen) atoms. The van der Waals surface area contributed by atoms with Gasteiger partial charge in [-0.05, 0) is 96.0 Å². The summed E-state index contributed by atoms with van der Waals surface area (Å²) in [5.74, 6) is -1.49. The van der Waals surface area contributed by atoms with Gasteiger partial charge in [-0.15, -0.1) is 0 Å². The first-order valence-electron chi connectivity index (χ1n) is 26.3. The lowest BCUT2D eigenvalue weighted by Gasteiger charge is -2.21. The van der Waals surface area contributed by atoms with E-state index in [4.69, 9.17) is 29.0 Å². The lowest BCUT2D eigenvalue weighted by molar-refractivity contribution is -0.161. The van der Waals surface area contributed by atoms with Crippen LogP contribution in [0.1, 0.15) is 129 Å². The highest BCUT2D eigenvalue weighted by Gasteiger charge is 2.46. The van der Waals surface area contributed by atoms with Gasteiger partial charge in [0.15, 0.2) is 12.3 Å². The number of carbonyl (C=O) groups excluding carboxylic acids is 2. The summed E-state index contributed by atoms with van der Waals surface area (Å²) in [4.78, 5) is 62.0. The largest absolute Gasteiger partial charge is 0.481 e. The second-order valence-corrected chi connectivity index (χ2v) is 20.5. The molecule has 2 rings (SSSR count). The van der Waals surface area contributed by atoms with Gasteiger partial charge in [0.1, 0.15) is 30.7 Å². The van der Waals surface area contributed by atoms with E-state index in [1.165, 1.54) is 6.07 Å². The van der Waals surface area contributed by atoms with Crippen LogP contribution in [0.3, 0.4) is 0 Å². The number of phosphoric ester groups is 2. The molecule has 3 unspecified atom stereocenters. The van der Waals surface area contributed by atoms with Gasteiger partial charge in [0, 0.05) is 19.0 Å². The Balaban J connectivity index is 1.86. The van der Waals surface area contributed by atoms with Gasteiger partial charge in [0.25, 0.3) is 0 Å². The van der Waals surface area contributed by atoms with Crippen molar-refractivity contribution >= 4 is 33.4 Å². The molecule has 21 heteroatoms. The van der Waals surface area contributed by atoms with Crippen molar-refractivity contribution in [3.63, 3.8) is 0 Å². The number of anilines is 1. The Morgan fingerprint density at radius 1 is 0.688 bits per heavy atom. The number of carbonyl (C=O) groups is 2. The fourth-order valence-corrected chi connectivity index (χ4v) is 8.91. The number of aromatic nitrogens is 2. The number of nitrogens with zero attached hydrogens (tertiary/aromatic N) is 2. The molecule has 0 aromatic carbocycles. The molecule has 2 heterocycles. The highest BCUT2D eigenvalue weighted by atomic mass is 31.3. The van der Waals surface area contributed by atoms with Gasteiger partial charge < -0.3 is 45.1 Å². The maximum atomic E-state index is 12.9. The minimum Gasteiger partial charge on any atom is -0.462 e. The highest BCUT2D eigenvalue weighted by Crippen LogP contribution is 2.60. The topological polar surface area (TPSA) is 286 Å². The molecule has 0 bridgehead atoms. The number of allylic oxidation sites excluding steroid dienone is 20. The standard InChI is InChI=1S/C56H83N3O16P2/c1-3-5-7-9-11-12-13-14-15-16-17-18-19-20-21-25-28-32-36-40-51(61)70-44-48(73-52(62)41-37-33-29-26-23-22-24-27-31-35-39-47(60)38-34-30-10-8-6-4-2)45-71-76(66,67)75-77(68,69)72-46-49-53(63)54(64)55(74-49)59-43-42-50(57)58-56(59)65/h5-8,11-12,14-15,17-18,20-23,27,29-31,33-35,39,42-43,47-49,53-55,60,63-64H,3-4,9-10,13,16,19,24-26,28,32,36-38,40-41,44-46H2,1-2H3,(H,66,67)(H,68,69)(H2,57,58,65)/b7-5-,8-6-,12-11-,15-14-,18-17-,21-20-,23-22-,31-27-,33-29-,34-30-,39-35+/t47?,48-,49-,53-,54-,55-/m1/s1. The van der Waals surface area contributed by atoms with Gasteiger partial charge in [0.05, 0.1) is 19.3 Å². The fourth-order valence-electron chi connectivity index (χ4n) is 6.80. The van der Waals surface area contributed by atoms with E-state index in [1.54, 1.807) is 18.2 Å². The summed E-state index contributed by atoms with van der Waals surface area (Å²) in [6.45, 7) is 1.74. The molecule has 0 radical (unpaired) electrons. The van der Waals surface area contributed by atoms with Crippen molar-refractivity contribution in [2.45, 2.75) is 160 Å². The van der Waals surface area contributed by atoms with Crippen LogP contribution in [-0.2, 0) is 46.3 Å². The van der Waals surface area contributed by atoms with Crippen molar-refractivity contribution < 1.29 is 71.4 Å². The number of nitrogens with two attached hydrogens (primary N) is 1. The number of rotatable bonds is 41. The second-order valence-electron chi connectivity index (χ2n) is 17.5. The fraction of sp³-hybridized carbons (Fsp3) is 0.500. The molecule has 1 fully saturated rings. The van der Waals surface area contributed by atoms with Gasteiger partial charge in [-0.3, -0.25) is 23.2 Å². The third-order valence-corrected chi connectivity index (χ3v) is 13.4. The van der Waals surface area contributed by atoms with Crippen LogP contribution in [0.25, 0.3) is 0 Å². The number of ether oxygens (including phenoxy) is 3. The smallest absolute Gasteiger partial charge is 0.462 e. The van der Waals surface area contributed by atoms with E-state index < -0.39 is 89.8 Å². The molecule has 0 aliphatic carbocycles. The average molecular weight is 1120 g/mol. The summed E-state index contributed by atoms with van der Waals surface area (Å²) in [7, 11) is -10.9. The SMILES string of the molecule is CC/C=C\C/C=C\C/C=C\C/C=C\C/C=C\CCCCCC(=O)OC[C@H](COP(=O)(O)OP(=O)(O)OC[C@H]1O[C@@H](n2ccc(N)nc2=O)[C@H](O)[C@@H]1O)OC(=O)CC/C=C\C/C=C\C/C=C\C=C\C(O)C/C=C\C/C=C\CC. The zero-order valence-electron chi connectivity index (χ0n) is 44.6. The second kappa shape index (κ2) is 41.9. The molecule has 7 N–H and O–H groups in total. The number of phosphoric acid groups is 2. The molecule has 0 amide bonds. The zero-order chi connectivity index (χ0) is 56.4. The number of aliphatic hydroxyl groups is 3. The van der Waals surface area contributed by atoms with Crippen LogP contribution >= 0.6 is 15.6 Å². The summed E-state index contributed by atoms with van der Waals surface area (Å²) in [6.07, 6.45) is 48.5. The number of aliphatic hydroxyl groups excluding tert-OH is 3. The molecule has 0 spiro atoms. The minimum atomic E-state index is -5.47. The molecule has 0 saturated carbocycles. The van der Waals surface area contributed by atoms with Gasteiger partial charge in [0.2, 0.25) is 0 Å². The molecule has 428 valence electrons. The first-order chi connectivity index (χ1) is 37.1. The van der Waals surface area contributed by atoms with E-state index in [0.29, 0.717) is 25.7 Å². The highest BCUT2D eigenvalue weighted by molar-refractivity contribution is 7.61. The summed E-state index contributed by atoms with van der Waals surface area (Å²) in [5.41, 5.74) is 4.57. The Morgan fingerprint density at radius 2 is 1.23 bits per heavy atom. The van der Waals surface area contributed by atoms with Crippen LogP contribution in [0.5, 0.6) is 0 Å². The average Bonchev–Trinajstić information content (AvgIpc) is 3.67. The predicted octanol–water partition coefficient (Wildman–Crippen LogP) is 10.3. The Kier molecular flexibility index (Phi) is 37.0. The normalized spacial score (nSPS) is 20.1. The Labute approximate surface area is 454 Å². The van der Waals surface area contributed by atoms with Crippen molar-refractivity contribution in [3.05, 3.63) is 156 Å². The third-order valence-electron chi connectivity index (χ3n) is 10.8. The van der Waals surface area contributed by atoms with Crippen molar-refractivity contribution in [1.29, 1.82) is 0 Å². The predicted molar refractivity (Wildman–Crippen MR) is 299 cm³/mol. The van der Waals surface area contributed by atoms with Gasteiger partial charge >= 0.3 is 33.3 Å².